The van der Waals surface area contributed by atoms with Crippen LogP contribution in [-0.2, 0) is 0 Å². The van der Waals surface area contributed by atoms with Gasteiger partial charge < -0.3 is 24.4 Å². The second-order valence-corrected chi connectivity index (χ2v) is 5.59. The molecular weight excluding hydrogens is 352 g/mol. The van der Waals surface area contributed by atoms with Crippen molar-refractivity contribution in [2.75, 3.05) is 14.2 Å². The standard InChI is InChI=1S/C18H18N4O5/c1-10(20-17(24)14-15(23)13(26-3)8-9-19-14)18-21-16(22-27-18)11-4-6-12(25-2)7-5-11/h4-10,23H,1-3H3,(H,20,24)/t10-/m0/s1. The first-order valence-electron chi connectivity index (χ1n) is 8.04. The van der Waals surface area contributed by atoms with Crippen molar-refractivity contribution in [3.63, 3.8) is 0 Å². The topological polar surface area (TPSA) is 120 Å². The lowest BCUT2D eigenvalue weighted by atomic mass is 10.2. The third-order valence-corrected chi connectivity index (χ3v) is 3.83. The zero-order chi connectivity index (χ0) is 19.4. The molecule has 0 aliphatic rings. The van der Waals surface area contributed by atoms with Gasteiger partial charge in [-0.2, -0.15) is 4.98 Å². The van der Waals surface area contributed by atoms with Crippen molar-refractivity contribution < 1.29 is 23.9 Å². The summed E-state index contributed by atoms with van der Waals surface area (Å²) in [6.45, 7) is 1.68. The highest BCUT2D eigenvalue weighted by atomic mass is 16.5. The maximum atomic E-state index is 12.4. The molecule has 1 aromatic carbocycles. The number of carbonyl (C=O) groups excluding carboxylic acids is 1. The zero-order valence-electron chi connectivity index (χ0n) is 15.0. The van der Waals surface area contributed by atoms with Gasteiger partial charge in [-0.05, 0) is 31.2 Å². The molecule has 0 saturated heterocycles. The molecule has 9 nitrogen and oxygen atoms in total. The van der Waals surface area contributed by atoms with E-state index in [2.05, 4.69) is 20.4 Å². The fraction of sp³-hybridized carbons (Fsp3) is 0.222. The summed E-state index contributed by atoms with van der Waals surface area (Å²) in [4.78, 5) is 20.6. The highest BCUT2D eigenvalue weighted by Gasteiger charge is 2.22. The Bertz CT molecular complexity index is 939. The van der Waals surface area contributed by atoms with E-state index in [1.807, 2.05) is 0 Å². The highest BCUT2D eigenvalue weighted by Crippen LogP contribution is 2.28. The van der Waals surface area contributed by atoms with E-state index < -0.39 is 11.9 Å². The fourth-order valence-electron chi connectivity index (χ4n) is 2.36. The average molecular weight is 370 g/mol. The third-order valence-electron chi connectivity index (χ3n) is 3.83. The zero-order valence-corrected chi connectivity index (χ0v) is 15.0. The van der Waals surface area contributed by atoms with Crippen LogP contribution in [-0.4, -0.2) is 40.4 Å². The van der Waals surface area contributed by atoms with E-state index in [1.165, 1.54) is 19.4 Å². The summed E-state index contributed by atoms with van der Waals surface area (Å²) in [5.74, 6) is 0.543. The highest BCUT2D eigenvalue weighted by molar-refractivity contribution is 5.95. The number of carbonyl (C=O) groups is 1. The summed E-state index contributed by atoms with van der Waals surface area (Å²) < 4.78 is 15.3. The summed E-state index contributed by atoms with van der Waals surface area (Å²) >= 11 is 0. The quantitative estimate of drug-likeness (QED) is 0.678. The van der Waals surface area contributed by atoms with Gasteiger partial charge in [0.1, 0.15) is 11.8 Å². The van der Waals surface area contributed by atoms with Gasteiger partial charge in [-0.1, -0.05) is 5.16 Å². The number of amides is 1. The number of hydrogen-bond donors (Lipinski definition) is 2. The molecule has 0 aliphatic heterocycles. The Morgan fingerprint density at radius 2 is 1.93 bits per heavy atom. The lowest BCUT2D eigenvalue weighted by molar-refractivity contribution is 0.0923. The molecule has 3 rings (SSSR count). The Labute approximate surface area is 155 Å². The van der Waals surface area contributed by atoms with E-state index in [9.17, 15) is 9.90 Å². The van der Waals surface area contributed by atoms with Crippen LogP contribution >= 0.6 is 0 Å². The first-order chi connectivity index (χ1) is 13.0. The molecule has 9 heteroatoms. The van der Waals surface area contributed by atoms with Gasteiger partial charge in [0.15, 0.2) is 17.2 Å². The molecule has 1 amide bonds. The summed E-state index contributed by atoms with van der Waals surface area (Å²) in [5.41, 5.74) is 0.590. The Morgan fingerprint density at radius 1 is 1.19 bits per heavy atom. The second kappa shape index (κ2) is 7.73. The average Bonchev–Trinajstić information content (AvgIpc) is 3.18. The van der Waals surface area contributed by atoms with Gasteiger partial charge in [0.25, 0.3) is 5.91 Å². The monoisotopic (exact) mass is 370 g/mol. The maximum absolute atomic E-state index is 12.4. The van der Waals surface area contributed by atoms with Crippen molar-refractivity contribution in [2.24, 2.45) is 0 Å². The molecule has 0 spiro atoms. The van der Waals surface area contributed by atoms with Crippen LogP contribution in [0.2, 0.25) is 0 Å². The minimum absolute atomic E-state index is 0.155. The van der Waals surface area contributed by atoms with Crippen molar-refractivity contribution in [1.82, 2.24) is 20.4 Å². The smallest absolute Gasteiger partial charge is 0.274 e. The third kappa shape index (κ3) is 3.81. The molecule has 0 radical (unpaired) electrons. The molecule has 0 aliphatic carbocycles. The molecule has 0 fully saturated rings. The van der Waals surface area contributed by atoms with Crippen LogP contribution in [0.15, 0.2) is 41.1 Å². The molecule has 0 unspecified atom stereocenters. The minimum atomic E-state index is -0.594. The molecule has 0 bridgehead atoms. The SMILES string of the molecule is COc1ccc(-c2noc([C@H](C)NC(=O)c3nccc(OC)c3O)n2)cc1. The van der Waals surface area contributed by atoms with Crippen LogP contribution in [0, 0.1) is 0 Å². The number of methoxy groups -OCH3 is 2. The van der Waals surface area contributed by atoms with E-state index in [1.54, 1.807) is 38.3 Å². The maximum Gasteiger partial charge on any atom is 0.274 e. The summed E-state index contributed by atoms with van der Waals surface area (Å²) in [7, 11) is 2.97. The van der Waals surface area contributed by atoms with E-state index in [-0.39, 0.29) is 23.1 Å². The number of aromatic hydroxyl groups is 1. The number of benzene rings is 1. The lowest BCUT2D eigenvalue weighted by Crippen LogP contribution is -2.27. The number of hydrogen-bond acceptors (Lipinski definition) is 8. The van der Waals surface area contributed by atoms with Crippen LogP contribution in [0.25, 0.3) is 11.4 Å². The van der Waals surface area contributed by atoms with E-state index in [4.69, 9.17) is 14.0 Å². The molecule has 3 aromatic rings. The normalized spacial score (nSPS) is 11.7. The van der Waals surface area contributed by atoms with Crippen molar-refractivity contribution in [1.29, 1.82) is 0 Å². The number of nitrogens with zero attached hydrogens (tertiary/aromatic N) is 3. The first kappa shape index (κ1) is 18.2. The van der Waals surface area contributed by atoms with E-state index >= 15 is 0 Å². The van der Waals surface area contributed by atoms with Gasteiger partial charge in [0, 0.05) is 17.8 Å². The van der Waals surface area contributed by atoms with Crippen LogP contribution < -0.4 is 14.8 Å². The largest absolute Gasteiger partial charge is 0.503 e. The summed E-state index contributed by atoms with van der Waals surface area (Å²) in [5, 5.41) is 16.6. The second-order valence-electron chi connectivity index (χ2n) is 5.59. The molecule has 2 heterocycles. The van der Waals surface area contributed by atoms with Crippen molar-refractivity contribution >= 4 is 5.91 Å². The van der Waals surface area contributed by atoms with Crippen LogP contribution in [0.4, 0.5) is 0 Å². The van der Waals surface area contributed by atoms with Gasteiger partial charge in [0.05, 0.1) is 14.2 Å². The van der Waals surface area contributed by atoms with Gasteiger partial charge in [0.2, 0.25) is 11.7 Å². The lowest BCUT2D eigenvalue weighted by Gasteiger charge is -2.11. The fourth-order valence-corrected chi connectivity index (χ4v) is 2.36. The van der Waals surface area contributed by atoms with Gasteiger partial charge in [-0.3, -0.25) is 4.79 Å². The Balaban J connectivity index is 1.74. The van der Waals surface area contributed by atoms with Crippen molar-refractivity contribution in [2.45, 2.75) is 13.0 Å². The van der Waals surface area contributed by atoms with Crippen molar-refractivity contribution in [3.05, 3.63) is 48.1 Å². The summed E-state index contributed by atoms with van der Waals surface area (Å²) in [6, 6.07) is 8.03. The molecule has 140 valence electrons. The summed E-state index contributed by atoms with van der Waals surface area (Å²) in [6.07, 6.45) is 1.37. The van der Waals surface area contributed by atoms with Gasteiger partial charge >= 0.3 is 0 Å². The first-order valence-corrected chi connectivity index (χ1v) is 8.04. The van der Waals surface area contributed by atoms with Gasteiger partial charge in [-0.25, -0.2) is 4.98 Å². The number of pyridine rings is 1. The number of rotatable bonds is 6. The van der Waals surface area contributed by atoms with E-state index in [0.717, 1.165) is 5.56 Å². The Hall–Kier alpha value is -3.62. The number of nitrogens with one attached hydrogen (secondary N) is 1. The molecule has 2 aromatic heterocycles. The van der Waals surface area contributed by atoms with Gasteiger partial charge in [-0.15, -0.1) is 0 Å². The Kier molecular flexibility index (Phi) is 5.20. The predicted molar refractivity (Wildman–Crippen MR) is 94.6 cm³/mol. The molecule has 27 heavy (non-hydrogen) atoms. The van der Waals surface area contributed by atoms with E-state index in [0.29, 0.717) is 11.6 Å². The van der Waals surface area contributed by atoms with Crippen LogP contribution in [0.1, 0.15) is 29.3 Å². The molecule has 2 N–H and O–H groups in total. The molecular formula is C18H18N4O5. The Morgan fingerprint density at radius 3 is 2.59 bits per heavy atom. The number of aromatic nitrogens is 3. The minimum Gasteiger partial charge on any atom is -0.503 e. The van der Waals surface area contributed by atoms with Crippen LogP contribution in [0.3, 0.4) is 0 Å². The number of ether oxygens (including phenoxy) is 2. The molecule has 1 atom stereocenters. The van der Waals surface area contributed by atoms with Crippen LogP contribution in [0.5, 0.6) is 17.2 Å². The van der Waals surface area contributed by atoms with Crippen molar-refractivity contribution in [3.8, 4) is 28.6 Å². The molecule has 0 saturated carbocycles. The predicted octanol–water partition coefficient (Wildman–Crippen LogP) is 2.35.